The monoisotopic (exact) mass is 371 g/mol. The number of benzene rings is 2. The zero-order valence-electron chi connectivity index (χ0n) is 15.0. The van der Waals surface area contributed by atoms with Crippen LogP contribution in [0.1, 0.15) is 32.4 Å². The standard InChI is InChI=1S/C20H22ClN3O2/c1-20(2,3)23-18(25)17(11-13-7-5-4-6-8-13)24-16-10-9-14(21)12-15(16)22-19(24)26/h4-10,12,17H,11H2,1-3H3,(H,22,26)(H,23,25). The van der Waals surface area contributed by atoms with Crippen LogP contribution in [0.15, 0.2) is 53.3 Å². The average molecular weight is 372 g/mol. The van der Waals surface area contributed by atoms with Crippen molar-refractivity contribution in [2.45, 2.75) is 38.8 Å². The maximum absolute atomic E-state index is 13.0. The van der Waals surface area contributed by atoms with Gasteiger partial charge in [-0.2, -0.15) is 0 Å². The Hall–Kier alpha value is -2.53. The quantitative estimate of drug-likeness (QED) is 0.734. The number of rotatable bonds is 4. The van der Waals surface area contributed by atoms with E-state index in [-0.39, 0.29) is 11.6 Å². The molecule has 0 aliphatic heterocycles. The van der Waals surface area contributed by atoms with Crippen molar-refractivity contribution in [1.82, 2.24) is 14.9 Å². The fourth-order valence-corrected chi connectivity index (χ4v) is 3.18. The summed E-state index contributed by atoms with van der Waals surface area (Å²) in [6.07, 6.45) is 0.415. The third-order valence-electron chi connectivity index (χ3n) is 4.06. The minimum Gasteiger partial charge on any atom is -0.350 e. The first-order chi connectivity index (χ1) is 12.2. The SMILES string of the molecule is CC(C)(C)NC(=O)C(Cc1ccccc1)n1c(=O)[nH]c2cc(Cl)ccc21. The van der Waals surface area contributed by atoms with Crippen LogP contribution in [0.3, 0.4) is 0 Å². The lowest BCUT2D eigenvalue weighted by Crippen LogP contribution is -2.46. The van der Waals surface area contributed by atoms with Gasteiger partial charge in [0.25, 0.3) is 0 Å². The number of H-pyrrole nitrogens is 1. The Balaban J connectivity index is 2.10. The van der Waals surface area contributed by atoms with Crippen molar-refractivity contribution < 1.29 is 4.79 Å². The van der Waals surface area contributed by atoms with E-state index in [2.05, 4.69) is 10.3 Å². The van der Waals surface area contributed by atoms with Crippen LogP contribution in [-0.4, -0.2) is 21.0 Å². The molecule has 26 heavy (non-hydrogen) atoms. The molecular formula is C20H22ClN3O2. The second-order valence-corrected chi connectivity index (χ2v) is 7.84. The molecule has 1 aromatic heterocycles. The molecule has 1 unspecified atom stereocenters. The Morgan fingerprint density at radius 2 is 1.88 bits per heavy atom. The first-order valence-electron chi connectivity index (χ1n) is 8.50. The van der Waals surface area contributed by atoms with Gasteiger partial charge in [-0.3, -0.25) is 9.36 Å². The number of nitrogens with zero attached hydrogens (tertiary/aromatic N) is 1. The van der Waals surface area contributed by atoms with E-state index in [9.17, 15) is 9.59 Å². The second kappa shape index (κ2) is 7.00. The number of aromatic amines is 1. The van der Waals surface area contributed by atoms with Crippen molar-refractivity contribution in [2.24, 2.45) is 0 Å². The number of aromatic nitrogens is 2. The van der Waals surface area contributed by atoms with Gasteiger partial charge >= 0.3 is 5.69 Å². The molecule has 136 valence electrons. The summed E-state index contributed by atoms with van der Waals surface area (Å²) in [5.41, 5.74) is 1.53. The Morgan fingerprint density at radius 1 is 1.19 bits per heavy atom. The lowest BCUT2D eigenvalue weighted by atomic mass is 10.0. The summed E-state index contributed by atoms with van der Waals surface area (Å²) < 4.78 is 1.51. The van der Waals surface area contributed by atoms with Crippen LogP contribution in [0.5, 0.6) is 0 Å². The van der Waals surface area contributed by atoms with E-state index < -0.39 is 11.6 Å². The predicted molar refractivity (Wildman–Crippen MR) is 105 cm³/mol. The molecule has 2 aromatic carbocycles. The summed E-state index contributed by atoms with van der Waals surface area (Å²) >= 11 is 6.03. The molecule has 3 aromatic rings. The number of carbonyl (C=O) groups is 1. The van der Waals surface area contributed by atoms with Crippen molar-refractivity contribution in [3.05, 3.63) is 69.6 Å². The van der Waals surface area contributed by atoms with Crippen LogP contribution in [0.4, 0.5) is 0 Å². The molecule has 6 heteroatoms. The Labute approximate surface area is 157 Å². The number of hydrogen-bond donors (Lipinski definition) is 2. The summed E-state index contributed by atoms with van der Waals surface area (Å²) in [5, 5.41) is 3.52. The molecular weight excluding hydrogens is 350 g/mol. The van der Waals surface area contributed by atoms with Gasteiger partial charge in [-0.05, 0) is 44.5 Å². The summed E-state index contributed by atoms with van der Waals surface area (Å²) in [7, 11) is 0. The van der Waals surface area contributed by atoms with Crippen LogP contribution in [0, 0.1) is 0 Å². The third kappa shape index (κ3) is 3.99. The van der Waals surface area contributed by atoms with Gasteiger partial charge in [0.2, 0.25) is 5.91 Å². The minimum absolute atomic E-state index is 0.195. The number of fused-ring (bicyclic) bond motifs is 1. The number of carbonyl (C=O) groups excluding carboxylic acids is 1. The van der Waals surface area contributed by atoms with Crippen LogP contribution >= 0.6 is 11.6 Å². The summed E-state index contributed by atoms with van der Waals surface area (Å²) in [5.74, 6) is -0.195. The number of halogens is 1. The lowest BCUT2D eigenvalue weighted by Gasteiger charge is -2.25. The van der Waals surface area contributed by atoms with Gasteiger partial charge in [0.1, 0.15) is 6.04 Å². The zero-order chi connectivity index (χ0) is 18.9. The minimum atomic E-state index is -0.668. The fraction of sp³-hybridized carbons (Fsp3) is 0.300. The molecule has 1 atom stereocenters. The number of nitrogens with one attached hydrogen (secondary N) is 2. The number of imidazole rings is 1. The molecule has 3 rings (SSSR count). The van der Waals surface area contributed by atoms with E-state index in [1.165, 1.54) is 4.57 Å². The van der Waals surface area contributed by atoms with Gasteiger partial charge in [0, 0.05) is 17.0 Å². The molecule has 0 radical (unpaired) electrons. The van der Waals surface area contributed by atoms with Crippen molar-refractivity contribution in [3.63, 3.8) is 0 Å². The topological polar surface area (TPSA) is 66.9 Å². The highest BCUT2D eigenvalue weighted by Crippen LogP contribution is 2.22. The van der Waals surface area contributed by atoms with Crippen molar-refractivity contribution in [1.29, 1.82) is 0 Å². The van der Waals surface area contributed by atoms with E-state index in [1.807, 2.05) is 51.1 Å². The largest absolute Gasteiger partial charge is 0.350 e. The van der Waals surface area contributed by atoms with E-state index in [0.717, 1.165) is 5.56 Å². The van der Waals surface area contributed by atoms with Gasteiger partial charge in [0.15, 0.2) is 0 Å². The number of hydrogen-bond acceptors (Lipinski definition) is 2. The molecule has 0 fully saturated rings. The molecule has 0 saturated heterocycles. The van der Waals surface area contributed by atoms with Gasteiger partial charge in [-0.25, -0.2) is 4.79 Å². The van der Waals surface area contributed by atoms with Gasteiger partial charge in [-0.1, -0.05) is 41.9 Å². The smallest absolute Gasteiger partial charge is 0.327 e. The van der Waals surface area contributed by atoms with Crippen molar-refractivity contribution in [2.75, 3.05) is 0 Å². The van der Waals surface area contributed by atoms with E-state index in [1.54, 1.807) is 18.2 Å². The third-order valence-corrected chi connectivity index (χ3v) is 4.30. The highest BCUT2D eigenvalue weighted by molar-refractivity contribution is 6.31. The molecule has 0 spiro atoms. The van der Waals surface area contributed by atoms with Gasteiger partial charge < -0.3 is 10.3 Å². The van der Waals surface area contributed by atoms with E-state index in [4.69, 9.17) is 11.6 Å². The summed E-state index contributed by atoms with van der Waals surface area (Å²) in [6, 6.07) is 14.2. The normalized spacial score (nSPS) is 12.9. The van der Waals surface area contributed by atoms with Crippen molar-refractivity contribution >= 4 is 28.5 Å². The maximum atomic E-state index is 13.0. The van der Waals surface area contributed by atoms with Crippen LogP contribution in [0.2, 0.25) is 5.02 Å². The molecule has 0 aliphatic rings. The molecule has 0 saturated carbocycles. The van der Waals surface area contributed by atoms with E-state index >= 15 is 0 Å². The Morgan fingerprint density at radius 3 is 2.54 bits per heavy atom. The maximum Gasteiger partial charge on any atom is 0.327 e. The fourth-order valence-electron chi connectivity index (χ4n) is 3.00. The predicted octanol–water partition coefficient (Wildman–Crippen LogP) is 3.68. The molecule has 0 aliphatic carbocycles. The number of amides is 1. The zero-order valence-corrected chi connectivity index (χ0v) is 15.8. The molecule has 2 N–H and O–H groups in total. The highest BCUT2D eigenvalue weighted by atomic mass is 35.5. The summed E-state index contributed by atoms with van der Waals surface area (Å²) in [4.78, 5) is 28.4. The van der Waals surface area contributed by atoms with Crippen molar-refractivity contribution in [3.8, 4) is 0 Å². The molecule has 1 amide bonds. The molecule has 0 bridgehead atoms. The van der Waals surface area contributed by atoms with Crippen LogP contribution in [0.25, 0.3) is 11.0 Å². The Bertz CT molecular complexity index is 984. The molecule has 5 nitrogen and oxygen atoms in total. The lowest BCUT2D eigenvalue weighted by molar-refractivity contribution is -0.125. The first-order valence-corrected chi connectivity index (χ1v) is 8.88. The van der Waals surface area contributed by atoms with Crippen LogP contribution < -0.4 is 11.0 Å². The van der Waals surface area contributed by atoms with Gasteiger partial charge in [0.05, 0.1) is 11.0 Å². The second-order valence-electron chi connectivity index (χ2n) is 7.41. The van der Waals surface area contributed by atoms with Gasteiger partial charge in [-0.15, -0.1) is 0 Å². The summed E-state index contributed by atoms with van der Waals surface area (Å²) in [6.45, 7) is 5.76. The van der Waals surface area contributed by atoms with E-state index in [0.29, 0.717) is 22.5 Å². The van der Waals surface area contributed by atoms with Crippen LogP contribution in [-0.2, 0) is 11.2 Å². The Kier molecular flexibility index (Phi) is 4.92. The average Bonchev–Trinajstić information content (AvgIpc) is 2.86. The first kappa shape index (κ1) is 18.3. The molecule has 1 heterocycles. The highest BCUT2D eigenvalue weighted by Gasteiger charge is 2.27.